The summed E-state index contributed by atoms with van der Waals surface area (Å²) in [6.45, 7) is 0.340. The first-order chi connectivity index (χ1) is 8.17. The molecule has 1 amide bonds. The van der Waals surface area contributed by atoms with E-state index in [9.17, 15) is 9.18 Å². The average molecular weight is 233 g/mol. The monoisotopic (exact) mass is 233 g/mol. The third kappa shape index (κ3) is 1.96. The molecule has 0 N–H and O–H groups in total. The Morgan fingerprint density at radius 2 is 2.35 bits per heavy atom. The largest absolute Gasteiger partial charge is 0.494 e. The molecule has 1 aromatic rings. The molecule has 1 aromatic carbocycles. The Hall–Kier alpha value is -2.02. The fourth-order valence-electron chi connectivity index (χ4n) is 1.96. The molecule has 1 atom stereocenters. The van der Waals surface area contributed by atoms with Crippen molar-refractivity contribution in [1.29, 1.82) is 0 Å². The molecule has 0 aromatic heterocycles. The maximum Gasteiger partial charge on any atom is 0.228 e. The average Bonchev–Trinajstić information content (AvgIpc) is 2.70. The maximum atomic E-state index is 13.8. The lowest BCUT2D eigenvalue weighted by atomic mass is 10.1. The normalized spacial score (nSPS) is 19.2. The number of carbonyl (C=O) groups excluding carboxylic acids is 1. The Morgan fingerprint density at radius 1 is 1.59 bits per heavy atom. The topological polar surface area (TPSA) is 29.5 Å². The highest BCUT2D eigenvalue weighted by Crippen LogP contribution is 2.34. The van der Waals surface area contributed by atoms with Gasteiger partial charge in [-0.3, -0.25) is 4.79 Å². The number of terminal acetylenes is 1. The molecule has 0 spiro atoms. The zero-order chi connectivity index (χ0) is 12.4. The van der Waals surface area contributed by atoms with E-state index in [1.54, 1.807) is 6.07 Å². The summed E-state index contributed by atoms with van der Waals surface area (Å²) in [6, 6.07) is 4.46. The molecule has 1 aliphatic heterocycles. The number of rotatable bonds is 2. The van der Waals surface area contributed by atoms with Gasteiger partial charge < -0.3 is 9.64 Å². The van der Waals surface area contributed by atoms with Crippen molar-refractivity contribution in [3.8, 4) is 18.1 Å². The first-order valence-electron chi connectivity index (χ1n) is 5.26. The van der Waals surface area contributed by atoms with Gasteiger partial charge in [-0.1, -0.05) is 6.07 Å². The van der Waals surface area contributed by atoms with Gasteiger partial charge in [0.25, 0.3) is 0 Å². The number of methoxy groups -OCH3 is 1. The second-order valence-electron chi connectivity index (χ2n) is 3.86. The Labute approximate surface area is 99.2 Å². The Kier molecular flexibility index (Phi) is 3.01. The standard InChI is InChI=1S/C13H12FNO2/c1-3-9-7-12(16)15(8-9)13-10(14)5-4-6-11(13)17-2/h1,4-6,9H,7-8H2,2H3. The first-order valence-corrected chi connectivity index (χ1v) is 5.26. The number of amides is 1. The molecule has 88 valence electrons. The van der Waals surface area contributed by atoms with Crippen LogP contribution in [0.5, 0.6) is 5.75 Å². The molecule has 3 nitrogen and oxygen atoms in total. The van der Waals surface area contributed by atoms with Crippen LogP contribution in [0.2, 0.25) is 0 Å². The van der Waals surface area contributed by atoms with E-state index in [4.69, 9.17) is 11.2 Å². The third-order valence-corrected chi connectivity index (χ3v) is 2.80. The fourth-order valence-corrected chi connectivity index (χ4v) is 1.96. The number of benzene rings is 1. The summed E-state index contributed by atoms with van der Waals surface area (Å²) >= 11 is 0. The SMILES string of the molecule is C#CC1CC(=O)N(c2c(F)cccc2OC)C1. The van der Waals surface area contributed by atoms with Crippen LogP contribution in [0.15, 0.2) is 18.2 Å². The van der Waals surface area contributed by atoms with Crippen molar-refractivity contribution >= 4 is 11.6 Å². The van der Waals surface area contributed by atoms with E-state index >= 15 is 0 Å². The van der Waals surface area contributed by atoms with Gasteiger partial charge in [-0.15, -0.1) is 12.3 Å². The molecule has 1 heterocycles. The van der Waals surface area contributed by atoms with Crippen molar-refractivity contribution in [2.75, 3.05) is 18.6 Å². The highest BCUT2D eigenvalue weighted by atomic mass is 19.1. The lowest BCUT2D eigenvalue weighted by molar-refractivity contribution is -0.117. The number of hydrogen-bond acceptors (Lipinski definition) is 2. The molecule has 1 saturated heterocycles. The minimum absolute atomic E-state index is 0.160. The fraction of sp³-hybridized carbons (Fsp3) is 0.308. The second kappa shape index (κ2) is 4.46. The minimum atomic E-state index is -0.477. The molecule has 4 heteroatoms. The summed E-state index contributed by atoms with van der Waals surface area (Å²) in [5, 5.41) is 0. The number of ether oxygens (including phenoxy) is 1. The van der Waals surface area contributed by atoms with Crippen molar-refractivity contribution in [2.45, 2.75) is 6.42 Å². The number of anilines is 1. The van der Waals surface area contributed by atoms with Crippen molar-refractivity contribution < 1.29 is 13.9 Å². The first kappa shape index (κ1) is 11.5. The summed E-state index contributed by atoms with van der Waals surface area (Å²) in [5.74, 6) is 2.06. The smallest absolute Gasteiger partial charge is 0.228 e. The predicted octanol–water partition coefficient (Wildman–Crippen LogP) is 1.82. The summed E-state index contributed by atoms with van der Waals surface area (Å²) in [6.07, 6.45) is 5.55. The van der Waals surface area contributed by atoms with E-state index in [0.29, 0.717) is 12.3 Å². The van der Waals surface area contributed by atoms with Gasteiger partial charge in [0.1, 0.15) is 11.4 Å². The van der Waals surface area contributed by atoms with Crippen LogP contribution in [-0.4, -0.2) is 19.6 Å². The van der Waals surface area contributed by atoms with Crippen molar-refractivity contribution in [1.82, 2.24) is 0 Å². The highest BCUT2D eigenvalue weighted by Gasteiger charge is 2.32. The lowest BCUT2D eigenvalue weighted by Crippen LogP contribution is -2.26. The second-order valence-corrected chi connectivity index (χ2v) is 3.86. The molecular weight excluding hydrogens is 221 g/mol. The van der Waals surface area contributed by atoms with Crippen LogP contribution in [-0.2, 0) is 4.79 Å². The molecule has 1 fully saturated rings. The van der Waals surface area contributed by atoms with Gasteiger partial charge in [-0.2, -0.15) is 0 Å². The van der Waals surface area contributed by atoms with Gasteiger partial charge in [0.2, 0.25) is 5.91 Å². The molecule has 17 heavy (non-hydrogen) atoms. The van der Waals surface area contributed by atoms with Gasteiger partial charge in [0.05, 0.1) is 7.11 Å². The van der Waals surface area contributed by atoms with Crippen LogP contribution in [0.1, 0.15) is 6.42 Å². The van der Waals surface area contributed by atoms with Crippen LogP contribution >= 0.6 is 0 Å². The summed E-state index contributed by atoms with van der Waals surface area (Å²) < 4.78 is 18.8. The maximum absolute atomic E-state index is 13.8. The molecule has 1 unspecified atom stereocenters. The van der Waals surface area contributed by atoms with Crippen LogP contribution in [0.25, 0.3) is 0 Å². The third-order valence-electron chi connectivity index (χ3n) is 2.80. The number of para-hydroxylation sites is 1. The molecule has 0 aliphatic carbocycles. The quantitative estimate of drug-likeness (QED) is 0.729. The number of halogens is 1. The zero-order valence-corrected chi connectivity index (χ0v) is 9.44. The van der Waals surface area contributed by atoms with E-state index in [-0.39, 0.29) is 23.9 Å². The summed E-state index contributed by atoms with van der Waals surface area (Å²) in [5.41, 5.74) is 0.178. The Bertz CT molecular complexity index is 493. The van der Waals surface area contributed by atoms with Gasteiger partial charge in [0.15, 0.2) is 5.82 Å². The van der Waals surface area contributed by atoms with E-state index in [2.05, 4.69) is 5.92 Å². The van der Waals surface area contributed by atoms with E-state index < -0.39 is 5.82 Å². The van der Waals surface area contributed by atoms with Crippen molar-refractivity contribution in [3.63, 3.8) is 0 Å². The molecule has 1 aliphatic rings. The molecule has 0 radical (unpaired) electrons. The van der Waals surface area contributed by atoms with Gasteiger partial charge in [-0.05, 0) is 12.1 Å². The Balaban J connectivity index is 2.41. The van der Waals surface area contributed by atoms with Crippen LogP contribution in [0.4, 0.5) is 10.1 Å². The van der Waals surface area contributed by atoms with Crippen molar-refractivity contribution in [2.24, 2.45) is 5.92 Å². The zero-order valence-electron chi connectivity index (χ0n) is 9.44. The summed E-state index contributed by atoms with van der Waals surface area (Å²) in [4.78, 5) is 13.1. The summed E-state index contributed by atoms with van der Waals surface area (Å²) in [7, 11) is 1.44. The van der Waals surface area contributed by atoms with E-state index in [1.165, 1.54) is 24.1 Å². The minimum Gasteiger partial charge on any atom is -0.494 e. The van der Waals surface area contributed by atoms with Crippen LogP contribution in [0.3, 0.4) is 0 Å². The number of hydrogen-bond donors (Lipinski definition) is 0. The highest BCUT2D eigenvalue weighted by molar-refractivity contribution is 5.97. The molecule has 0 saturated carbocycles. The van der Waals surface area contributed by atoms with Gasteiger partial charge >= 0.3 is 0 Å². The van der Waals surface area contributed by atoms with Gasteiger partial charge in [0, 0.05) is 18.9 Å². The molecule has 2 rings (SSSR count). The van der Waals surface area contributed by atoms with Crippen molar-refractivity contribution in [3.05, 3.63) is 24.0 Å². The van der Waals surface area contributed by atoms with Crippen LogP contribution < -0.4 is 9.64 Å². The Morgan fingerprint density at radius 3 is 2.94 bits per heavy atom. The number of nitrogens with zero attached hydrogens (tertiary/aromatic N) is 1. The molecular formula is C13H12FNO2. The van der Waals surface area contributed by atoms with Crippen LogP contribution in [0, 0.1) is 24.1 Å². The van der Waals surface area contributed by atoms with E-state index in [0.717, 1.165) is 0 Å². The lowest BCUT2D eigenvalue weighted by Gasteiger charge is -2.19. The molecule has 0 bridgehead atoms. The van der Waals surface area contributed by atoms with Gasteiger partial charge in [-0.25, -0.2) is 4.39 Å². The number of carbonyl (C=O) groups is 1. The van der Waals surface area contributed by atoms with E-state index in [1.807, 2.05) is 0 Å². The predicted molar refractivity (Wildman–Crippen MR) is 62.2 cm³/mol.